The number of fused-ring (bicyclic) bond motifs is 2. The maximum Gasteiger partial charge on any atom is 0.274 e. The van der Waals surface area contributed by atoms with E-state index in [2.05, 4.69) is 10.3 Å². The first-order chi connectivity index (χ1) is 13.9. The third-order valence-corrected chi connectivity index (χ3v) is 7.48. The molecule has 1 aliphatic heterocycles. The van der Waals surface area contributed by atoms with E-state index in [1.807, 2.05) is 0 Å². The van der Waals surface area contributed by atoms with Crippen molar-refractivity contribution >= 4 is 32.3 Å². The Bertz CT molecular complexity index is 1360. The van der Waals surface area contributed by atoms with Gasteiger partial charge in [0.1, 0.15) is 5.52 Å². The van der Waals surface area contributed by atoms with Gasteiger partial charge in [0, 0.05) is 36.0 Å². The number of hydrogen-bond donors (Lipinski definition) is 2. The Kier molecular flexibility index (Phi) is 4.36. The van der Waals surface area contributed by atoms with Gasteiger partial charge in [0.15, 0.2) is 21.2 Å². The van der Waals surface area contributed by atoms with Gasteiger partial charge in [-0.25, -0.2) is 8.42 Å². The molecule has 0 aliphatic carbocycles. The number of aromatic amines is 1. The molecule has 0 bridgehead atoms. The number of rotatable bonds is 3. The predicted molar refractivity (Wildman–Crippen MR) is 115 cm³/mol. The van der Waals surface area contributed by atoms with E-state index in [0.717, 1.165) is 0 Å². The maximum absolute atomic E-state index is 12.9. The number of H-pyrrole nitrogens is 1. The second kappa shape index (κ2) is 6.46. The molecule has 0 radical (unpaired) electrons. The van der Waals surface area contributed by atoms with Crippen LogP contribution in [-0.2, 0) is 21.7 Å². The lowest BCUT2D eigenvalue weighted by molar-refractivity contribution is -0.129. The Morgan fingerprint density at radius 3 is 2.50 bits per heavy atom. The molecule has 4 rings (SSSR count). The van der Waals surface area contributed by atoms with Gasteiger partial charge in [-0.1, -0.05) is 0 Å². The van der Waals surface area contributed by atoms with E-state index in [1.165, 1.54) is 10.6 Å². The van der Waals surface area contributed by atoms with Crippen molar-refractivity contribution in [3.63, 3.8) is 0 Å². The Hall–Kier alpha value is -3.07. The number of carbonyl (C=O) groups excluding carboxylic acids is 1. The quantitative estimate of drug-likeness (QED) is 0.665. The van der Waals surface area contributed by atoms with Crippen LogP contribution in [-0.4, -0.2) is 34.7 Å². The number of ether oxygens (including phenoxy) is 1. The zero-order chi connectivity index (χ0) is 22.0. The summed E-state index contributed by atoms with van der Waals surface area (Å²) in [5, 5.41) is 2.77. The number of aromatic nitrogens is 2. The summed E-state index contributed by atoms with van der Waals surface area (Å²) in [5.74, 6) is -0.00393. The second-order valence-corrected chi connectivity index (χ2v) is 10.7. The minimum atomic E-state index is -3.63. The van der Waals surface area contributed by atoms with Gasteiger partial charge >= 0.3 is 0 Å². The molecule has 8 nitrogen and oxygen atoms in total. The number of nitrogens with zero attached hydrogens (tertiary/aromatic N) is 1. The van der Waals surface area contributed by atoms with Crippen molar-refractivity contribution in [2.45, 2.75) is 43.4 Å². The number of amides is 1. The summed E-state index contributed by atoms with van der Waals surface area (Å²) in [7, 11) is -2.00. The SMILES string of the molecule is CC(C)S(=O)(=O)c1cc2c(c(-c3cn(C)c(=O)c4[nH]ccc34)c1)OC(C)(C)C(=O)N2. The highest BCUT2D eigenvalue weighted by molar-refractivity contribution is 7.92. The topological polar surface area (TPSA) is 110 Å². The number of sulfone groups is 1. The lowest BCUT2D eigenvalue weighted by Gasteiger charge is -2.33. The molecule has 0 atom stereocenters. The molecule has 158 valence electrons. The molecule has 2 N–H and O–H groups in total. The zero-order valence-electron chi connectivity index (χ0n) is 17.4. The molecule has 0 spiro atoms. The molecule has 1 aliphatic rings. The molecule has 3 aromatic rings. The number of hydrogen-bond acceptors (Lipinski definition) is 5. The fourth-order valence-corrected chi connectivity index (χ4v) is 4.61. The molecule has 3 heterocycles. The highest BCUT2D eigenvalue weighted by Gasteiger charge is 2.38. The van der Waals surface area contributed by atoms with Gasteiger partial charge in [0.2, 0.25) is 0 Å². The van der Waals surface area contributed by atoms with Gasteiger partial charge in [0.25, 0.3) is 11.5 Å². The Balaban J connectivity index is 2.11. The number of carbonyl (C=O) groups is 1. The number of benzene rings is 1. The Morgan fingerprint density at radius 2 is 1.83 bits per heavy atom. The van der Waals surface area contributed by atoms with E-state index in [1.54, 1.807) is 59.3 Å². The molecular formula is C21H23N3O5S. The van der Waals surface area contributed by atoms with Crippen molar-refractivity contribution in [3.05, 3.63) is 40.9 Å². The van der Waals surface area contributed by atoms with Crippen LogP contribution in [0, 0.1) is 0 Å². The summed E-state index contributed by atoms with van der Waals surface area (Å²) in [4.78, 5) is 27.9. The van der Waals surface area contributed by atoms with Crippen molar-refractivity contribution in [3.8, 4) is 16.9 Å². The van der Waals surface area contributed by atoms with E-state index in [0.29, 0.717) is 27.8 Å². The van der Waals surface area contributed by atoms with E-state index in [9.17, 15) is 18.0 Å². The van der Waals surface area contributed by atoms with Crippen LogP contribution in [0.1, 0.15) is 27.7 Å². The van der Waals surface area contributed by atoms with Crippen LogP contribution in [0.15, 0.2) is 40.3 Å². The molecule has 1 aromatic carbocycles. The Labute approximate surface area is 173 Å². The summed E-state index contributed by atoms with van der Waals surface area (Å²) >= 11 is 0. The molecule has 9 heteroatoms. The van der Waals surface area contributed by atoms with Gasteiger partial charge in [-0.2, -0.15) is 0 Å². The van der Waals surface area contributed by atoms with Gasteiger partial charge in [-0.05, 0) is 45.9 Å². The van der Waals surface area contributed by atoms with Crippen LogP contribution in [0.3, 0.4) is 0 Å². The minimum absolute atomic E-state index is 0.0763. The fourth-order valence-electron chi connectivity index (χ4n) is 3.50. The average molecular weight is 429 g/mol. The third kappa shape index (κ3) is 2.92. The fraction of sp³-hybridized carbons (Fsp3) is 0.333. The van der Waals surface area contributed by atoms with Gasteiger partial charge in [0.05, 0.1) is 15.8 Å². The molecule has 30 heavy (non-hydrogen) atoms. The summed E-state index contributed by atoms with van der Waals surface area (Å²) in [6.45, 7) is 6.48. The summed E-state index contributed by atoms with van der Waals surface area (Å²) < 4.78 is 33.3. The number of aryl methyl sites for hydroxylation is 1. The van der Waals surface area contributed by atoms with Crippen LogP contribution in [0.5, 0.6) is 5.75 Å². The molecule has 0 unspecified atom stereocenters. The van der Waals surface area contributed by atoms with E-state index >= 15 is 0 Å². The van der Waals surface area contributed by atoms with Crippen LogP contribution >= 0.6 is 0 Å². The van der Waals surface area contributed by atoms with Gasteiger partial charge in [-0.3, -0.25) is 9.59 Å². The molecule has 1 amide bonds. The first-order valence-corrected chi connectivity index (χ1v) is 11.1. The number of anilines is 1. The van der Waals surface area contributed by atoms with E-state index in [-0.39, 0.29) is 22.0 Å². The lowest BCUT2D eigenvalue weighted by atomic mass is 9.98. The van der Waals surface area contributed by atoms with Crippen LogP contribution in [0.4, 0.5) is 5.69 Å². The normalized spacial score (nSPS) is 15.7. The third-order valence-electron chi connectivity index (χ3n) is 5.35. The van der Waals surface area contributed by atoms with Gasteiger partial charge in [-0.15, -0.1) is 0 Å². The summed E-state index contributed by atoms with van der Waals surface area (Å²) in [6, 6.07) is 4.74. The highest BCUT2D eigenvalue weighted by atomic mass is 32.2. The second-order valence-electron chi connectivity index (χ2n) is 8.23. The predicted octanol–water partition coefficient (Wildman–Crippen LogP) is 2.83. The molecule has 0 fully saturated rings. The van der Waals surface area contributed by atoms with Crippen molar-refractivity contribution in [1.29, 1.82) is 0 Å². The lowest BCUT2D eigenvalue weighted by Crippen LogP contribution is -2.46. The molecular weight excluding hydrogens is 406 g/mol. The first-order valence-electron chi connectivity index (χ1n) is 9.53. The van der Waals surface area contributed by atoms with Crippen LogP contribution in [0.25, 0.3) is 22.0 Å². The van der Waals surface area contributed by atoms with Crippen molar-refractivity contribution in [1.82, 2.24) is 9.55 Å². The smallest absolute Gasteiger partial charge is 0.274 e. The highest BCUT2D eigenvalue weighted by Crippen LogP contribution is 2.45. The Morgan fingerprint density at radius 1 is 1.13 bits per heavy atom. The maximum atomic E-state index is 12.9. The summed E-state index contributed by atoms with van der Waals surface area (Å²) in [6.07, 6.45) is 3.30. The minimum Gasteiger partial charge on any atom is -0.475 e. The molecule has 2 aromatic heterocycles. The van der Waals surface area contributed by atoms with Crippen molar-refractivity contribution in [2.24, 2.45) is 7.05 Å². The first kappa shape index (κ1) is 20.2. The molecule has 0 saturated carbocycles. The largest absolute Gasteiger partial charge is 0.475 e. The molecule has 0 saturated heterocycles. The monoisotopic (exact) mass is 429 g/mol. The van der Waals surface area contributed by atoms with Crippen LogP contribution < -0.4 is 15.6 Å². The van der Waals surface area contributed by atoms with Crippen molar-refractivity contribution in [2.75, 3.05) is 5.32 Å². The van der Waals surface area contributed by atoms with Crippen molar-refractivity contribution < 1.29 is 17.9 Å². The zero-order valence-corrected chi connectivity index (χ0v) is 18.2. The van der Waals surface area contributed by atoms with Gasteiger partial charge < -0.3 is 19.6 Å². The number of nitrogens with one attached hydrogen (secondary N) is 2. The van der Waals surface area contributed by atoms with E-state index in [4.69, 9.17) is 4.74 Å². The van der Waals surface area contributed by atoms with Crippen LogP contribution in [0.2, 0.25) is 0 Å². The van der Waals surface area contributed by atoms with E-state index < -0.39 is 20.7 Å². The average Bonchev–Trinajstić information content (AvgIpc) is 3.15. The summed E-state index contributed by atoms with van der Waals surface area (Å²) in [5.41, 5.74) is 0.456. The standard InChI is InChI=1S/C21H23N3O5S/c1-11(2)30(27,28)12-8-14(18-16(9-12)23-20(26)21(3,4)29-18)15-10-24(5)19(25)17-13(15)6-7-22-17/h6-11,22H,1-5H3,(H,23,26). The number of pyridine rings is 1.